The Morgan fingerprint density at radius 2 is 2.42 bits per heavy atom. The molecule has 4 heteroatoms. The maximum Gasteiger partial charge on any atom is 0.310 e. The van der Waals surface area contributed by atoms with Crippen molar-refractivity contribution in [1.82, 2.24) is 0 Å². The summed E-state index contributed by atoms with van der Waals surface area (Å²) in [4.78, 5) is 22.1. The first-order valence-electron chi connectivity index (χ1n) is 3.98. The van der Waals surface area contributed by atoms with Crippen LogP contribution < -0.4 is 0 Å². The van der Waals surface area contributed by atoms with Crippen molar-refractivity contribution in [2.45, 2.75) is 6.42 Å². The van der Waals surface area contributed by atoms with Crippen molar-refractivity contribution in [2.24, 2.45) is 17.8 Å². The van der Waals surface area contributed by atoms with Gasteiger partial charge >= 0.3 is 11.9 Å². The Bertz CT molecular complexity index is 235. The standard InChI is InChI=1S/C8H10O4/c1-11-7(9)5-2-4-3-12-8(10)6(4)5/h4-6H,2-3H2,1H3/t4-,5-,6+/m0/s1. The van der Waals surface area contributed by atoms with Gasteiger partial charge in [0, 0.05) is 5.92 Å². The van der Waals surface area contributed by atoms with Gasteiger partial charge in [-0.1, -0.05) is 0 Å². The largest absolute Gasteiger partial charge is 0.469 e. The van der Waals surface area contributed by atoms with Gasteiger partial charge in [0.1, 0.15) is 0 Å². The second-order valence-electron chi connectivity index (χ2n) is 3.28. The molecule has 4 nitrogen and oxygen atoms in total. The van der Waals surface area contributed by atoms with Gasteiger partial charge in [0.2, 0.25) is 0 Å². The second-order valence-corrected chi connectivity index (χ2v) is 3.28. The minimum absolute atomic E-state index is 0.211. The van der Waals surface area contributed by atoms with Crippen LogP contribution in [0.5, 0.6) is 0 Å². The van der Waals surface area contributed by atoms with Crippen LogP contribution in [-0.2, 0) is 19.1 Å². The van der Waals surface area contributed by atoms with Gasteiger partial charge in [-0.15, -0.1) is 0 Å². The summed E-state index contributed by atoms with van der Waals surface area (Å²) in [5.74, 6) is -0.703. The SMILES string of the molecule is COC(=O)[C@H]1C[C@H]2COC(=O)[C@H]21. The lowest BCUT2D eigenvalue weighted by molar-refractivity contribution is -0.159. The van der Waals surface area contributed by atoms with Crippen molar-refractivity contribution >= 4 is 11.9 Å². The van der Waals surface area contributed by atoms with E-state index in [4.69, 9.17) is 4.74 Å². The van der Waals surface area contributed by atoms with E-state index in [1.54, 1.807) is 0 Å². The highest BCUT2D eigenvalue weighted by atomic mass is 16.5. The zero-order chi connectivity index (χ0) is 8.72. The summed E-state index contributed by atoms with van der Waals surface area (Å²) in [6.07, 6.45) is 0.739. The average molecular weight is 170 g/mol. The molecule has 2 fully saturated rings. The van der Waals surface area contributed by atoms with E-state index in [-0.39, 0.29) is 29.7 Å². The molecule has 2 rings (SSSR count). The fourth-order valence-corrected chi connectivity index (χ4v) is 1.96. The van der Waals surface area contributed by atoms with Crippen molar-refractivity contribution in [3.8, 4) is 0 Å². The minimum Gasteiger partial charge on any atom is -0.469 e. The number of rotatable bonds is 1. The summed E-state index contributed by atoms with van der Waals surface area (Å²) in [6, 6.07) is 0. The monoisotopic (exact) mass is 170 g/mol. The number of carbonyl (C=O) groups excluding carboxylic acids is 2. The molecule has 1 aliphatic heterocycles. The number of hydrogen-bond donors (Lipinski definition) is 0. The van der Waals surface area contributed by atoms with Gasteiger partial charge in [-0.2, -0.15) is 0 Å². The molecule has 3 atom stereocenters. The molecule has 0 radical (unpaired) electrons. The first-order valence-corrected chi connectivity index (χ1v) is 3.98. The quantitative estimate of drug-likeness (QED) is 0.518. The molecule has 66 valence electrons. The van der Waals surface area contributed by atoms with Crippen LogP contribution >= 0.6 is 0 Å². The van der Waals surface area contributed by atoms with Gasteiger partial charge in [0.05, 0.1) is 25.6 Å². The molecule has 1 heterocycles. The molecule has 0 aromatic heterocycles. The number of fused-ring (bicyclic) bond motifs is 1. The van der Waals surface area contributed by atoms with E-state index >= 15 is 0 Å². The number of methoxy groups -OCH3 is 1. The summed E-state index contributed by atoms with van der Waals surface area (Å²) < 4.78 is 9.38. The fraction of sp³-hybridized carbons (Fsp3) is 0.750. The van der Waals surface area contributed by atoms with Crippen molar-refractivity contribution in [3.63, 3.8) is 0 Å². The van der Waals surface area contributed by atoms with Crippen LogP contribution in [0.3, 0.4) is 0 Å². The normalized spacial score (nSPS) is 38.1. The van der Waals surface area contributed by atoms with Gasteiger partial charge < -0.3 is 9.47 Å². The third-order valence-corrected chi connectivity index (χ3v) is 2.71. The Morgan fingerprint density at radius 3 is 3.00 bits per heavy atom. The molecule has 0 N–H and O–H groups in total. The molecular weight excluding hydrogens is 160 g/mol. The van der Waals surface area contributed by atoms with Crippen LogP contribution in [0, 0.1) is 17.8 Å². The van der Waals surface area contributed by atoms with E-state index in [0.717, 1.165) is 6.42 Å². The van der Waals surface area contributed by atoms with Crippen LogP contribution in [0.1, 0.15) is 6.42 Å². The second kappa shape index (κ2) is 2.47. The van der Waals surface area contributed by atoms with E-state index in [1.165, 1.54) is 7.11 Å². The van der Waals surface area contributed by atoms with E-state index in [0.29, 0.717) is 6.61 Å². The molecule has 0 aromatic rings. The van der Waals surface area contributed by atoms with Crippen molar-refractivity contribution in [3.05, 3.63) is 0 Å². The van der Waals surface area contributed by atoms with Crippen LogP contribution in [0.2, 0.25) is 0 Å². The molecule has 0 aromatic carbocycles. The molecule has 1 aliphatic carbocycles. The topological polar surface area (TPSA) is 52.6 Å². The lowest BCUT2D eigenvalue weighted by atomic mass is 9.66. The lowest BCUT2D eigenvalue weighted by Gasteiger charge is -2.33. The molecule has 0 unspecified atom stereocenters. The fourth-order valence-electron chi connectivity index (χ4n) is 1.96. The molecule has 1 saturated carbocycles. The molecule has 0 bridgehead atoms. The zero-order valence-corrected chi connectivity index (χ0v) is 6.78. The van der Waals surface area contributed by atoms with Gasteiger partial charge in [0.25, 0.3) is 0 Å². The number of hydrogen-bond acceptors (Lipinski definition) is 4. The maximum absolute atomic E-state index is 11.1. The minimum atomic E-state index is -0.282. The number of ether oxygens (including phenoxy) is 2. The highest BCUT2D eigenvalue weighted by Crippen LogP contribution is 2.45. The third kappa shape index (κ3) is 0.838. The van der Waals surface area contributed by atoms with Gasteiger partial charge in [-0.05, 0) is 6.42 Å². The Kier molecular flexibility index (Phi) is 1.56. The van der Waals surface area contributed by atoms with Crippen molar-refractivity contribution in [2.75, 3.05) is 13.7 Å². The van der Waals surface area contributed by atoms with E-state index in [2.05, 4.69) is 4.74 Å². The highest BCUT2D eigenvalue weighted by molar-refractivity contribution is 5.85. The third-order valence-electron chi connectivity index (χ3n) is 2.71. The van der Waals surface area contributed by atoms with Crippen LogP contribution in [0.25, 0.3) is 0 Å². The predicted octanol–water partition coefficient (Wildman–Crippen LogP) is -0.0315. The Morgan fingerprint density at radius 1 is 1.67 bits per heavy atom. The number of carbonyl (C=O) groups is 2. The first-order chi connectivity index (χ1) is 5.74. The summed E-state index contributed by atoms with van der Waals surface area (Å²) >= 11 is 0. The Balaban J connectivity index is 2.05. The molecule has 0 spiro atoms. The van der Waals surface area contributed by atoms with Crippen LogP contribution in [0.15, 0.2) is 0 Å². The lowest BCUT2D eigenvalue weighted by Crippen LogP contribution is -2.42. The van der Waals surface area contributed by atoms with Gasteiger partial charge in [-0.25, -0.2) is 0 Å². The first kappa shape index (κ1) is 7.58. The van der Waals surface area contributed by atoms with Crippen LogP contribution in [-0.4, -0.2) is 25.7 Å². The Labute approximate surface area is 69.8 Å². The molecule has 1 saturated heterocycles. The smallest absolute Gasteiger partial charge is 0.310 e. The summed E-state index contributed by atoms with van der Waals surface area (Å²) in [7, 11) is 1.34. The van der Waals surface area contributed by atoms with E-state index < -0.39 is 0 Å². The van der Waals surface area contributed by atoms with Crippen LogP contribution in [0.4, 0.5) is 0 Å². The molecular formula is C8H10O4. The van der Waals surface area contributed by atoms with Crippen molar-refractivity contribution in [1.29, 1.82) is 0 Å². The summed E-state index contributed by atoms with van der Waals surface area (Å²) in [5.41, 5.74) is 0. The predicted molar refractivity (Wildman–Crippen MR) is 38.1 cm³/mol. The van der Waals surface area contributed by atoms with Gasteiger partial charge in [0.15, 0.2) is 0 Å². The average Bonchev–Trinajstić information content (AvgIpc) is 2.26. The number of cyclic esters (lactones) is 1. The van der Waals surface area contributed by atoms with E-state index in [9.17, 15) is 9.59 Å². The molecule has 0 amide bonds. The number of esters is 2. The van der Waals surface area contributed by atoms with Gasteiger partial charge in [-0.3, -0.25) is 9.59 Å². The zero-order valence-electron chi connectivity index (χ0n) is 6.78. The molecule has 12 heavy (non-hydrogen) atoms. The summed E-state index contributed by atoms with van der Waals surface area (Å²) in [5, 5.41) is 0. The molecule has 2 aliphatic rings. The Hall–Kier alpha value is -1.06. The summed E-state index contributed by atoms with van der Waals surface area (Å²) in [6.45, 7) is 0.483. The van der Waals surface area contributed by atoms with E-state index in [1.807, 2.05) is 0 Å². The van der Waals surface area contributed by atoms with Crippen molar-refractivity contribution < 1.29 is 19.1 Å². The maximum atomic E-state index is 11.1. The highest BCUT2D eigenvalue weighted by Gasteiger charge is 2.54.